The van der Waals surface area contributed by atoms with Gasteiger partial charge in [0.25, 0.3) is 0 Å². The fraction of sp³-hybridized carbons (Fsp3) is 0.0153. The van der Waals surface area contributed by atoms with E-state index in [1.807, 2.05) is 102 Å². The third kappa shape index (κ3) is 15.0. The van der Waals surface area contributed by atoms with E-state index in [0.717, 1.165) is 113 Å². The Morgan fingerprint density at radius 2 is 0.771 bits per heavy atom. The molecule has 0 aliphatic heterocycles. The van der Waals surface area contributed by atoms with Crippen LogP contribution in [0.1, 0.15) is 28.2 Å². The Bertz CT molecular complexity index is 9330. The van der Waals surface area contributed by atoms with E-state index in [0.29, 0.717) is 5.82 Å². The average Bonchev–Trinajstić information content (AvgIpc) is 2.12. The van der Waals surface area contributed by atoms with Gasteiger partial charge >= 0.3 is 0 Å². The molecule has 0 N–H and O–H groups in total. The van der Waals surface area contributed by atoms with Crippen molar-refractivity contribution in [1.82, 2.24) is 44.1 Å². The number of nitrogens with zero attached hydrogens (tertiary/aromatic N) is 9. The summed E-state index contributed by atoms with van der Waals surface area (Å²) in [4.78, 5) is 29.5. The predicted octanol–water partition coefficient (Wildman–Crippen LogP) is 33.2. The summed E-state index contributed by atoms with van der Waals surface area (Å²) in [6, 6.07) is 164. The minimum atomic E-state index is 0.205. The Balaban J connectivity index is 0.000000108. The van der Waals surface area contributed by atoms with Gasteiger partial charge in [-0.1, -0.05) is 394 Å². The number of imidazole rings is 1. The fourth-order valence-corrected chi connectivity index (χ4v) is 21.1. The highest BCUT2D eigenvalue weighted by Crippen LogP contribution is 2.50. The molecule has 9 nitrogen and oxygen atoms in total. The van der Waals surface area contributed by atoms with Crippen LogP contribution in [0.3, 0.4) is 0 Å². The number of hydrogen-bond donors (Lipinski definition) is 0. The van der Waals surface area contributed by atoms with E-state index in [1.54, 1.807) is 0 Å². The molecule has 6 heterocycles. The van der Waals surface area contributed by atoms with E-state index in [-0.39, 0.29) is 5.92 Å². The molecule has 0 fully saturated rings. The first-order chi connectivity index (χ1) is 69.4. The molecule has 26 aromatic rings. The van der Waals surface area contributed by atoms with Crippen LogP contribution in [0.2, 0.25) is 0 Å². The third-order valence-electron chi connectivity index (χ3n) is 27.9. The second-order valence-electron chi connectivity index (χ2n) is 36.1. The summed E-state index contributed by atoms with van der Waals surface area (Å²) in [5, 5.41) is 24.8. The molecule has 654 valence electrons. The van der Waals surface area contributed by atoms with E-state index in [2.05, 4.69) is 415 Å². The van der Waals surface area contributed by atoms with Gasteiger partial charge in [-0.3, -0.25) is 9.55 Å². The zero-order valence-electron chi connectivity index (χ0n) is 76.2. The van der Waals surface area contributed by atoms with Crippen molar-refractivity contribution < 1.29 is 0 Å². The van der Waals surface area contributed by atoms with Crippen molar-refractivity contribution in [3.05, 3.63) is 520 Å². The van der Waals surface area contributed by atoms with Crippen molar-refractivity contribution in [2.24, 2.45) is 0 Å². The smallest absolute Gasteiger partial charge is 0.182 e. The second kappa shape index (κ2) is 35.0. The fourth-order valence-electron chi connectivity index (χ4n) is 21.1. The molecule has 2 aliphatic rings. The molecule has 0 spiro atoms. The number of hydrogen-bond acceptors (Lipinski definition) is 7. The van der Waals surface area contributed by atoms with Crippen molar-refractivity contribution >= 4 is 109 Å². The summed E-state index contributed by atoms with van der Waals surface area (Å²) in [7, 11) is 0. The Kier molecular flexibility index (Phi) is 20.6. The number of allylic oxidation sites excluding steroid dienone is 4. The quantitative estimate of drug-likeness (QED) is 0.0837. The van der Waals surface area contributed by atoms with Gasteiger partial charge in [0.1, 0.15) is 11.3 Å². The monoisotopic (exact) mass is 1780 g/mol. The summed E-state index contributed by atoms with van der Waals surface area (Å²) in [6.45, 7) is 0. The van der Waals surface area contributed by atoms with E-state index in [1.165, 1.54) is 147 Å². The topological polar surface area (TPSA) is 99.6 Å². The third-order valence-corrected chi connectivity index (χ3v) is 27.9. The normalized spacial score (nSPS) is 12.6. The minimum absolute atomic E-state index is 0.205. The maximum Gasteiger partial charge on any atom is 0.182 e. The van der Waals surface area contributed by atoms with Crippen molar-refractivity contribution in [1.29, 1.82) is 0 Å². The molecular formula is C131H85N9. The molecule has 1 unspecified atom stereocenters. The Morgan fingerprint density at radius 1 is 0.271 bits per heavy atom. The van der Waals surface area contributed by atoms with Crippen molar-refractivity contribution in [2.45, 2.75) is 12.3 Å². The summed E-state index contributed by atoms with van der Waals surface area (Å²) in [6.07, 6.45) is 13.7. The number of para-hydroxylation sites is 1. The van der Waals surface area contributed by atoms with Crippen molar-refractivity contribution in [3.8, 4) is 129 Å². The lowest BCUT2D eigenvalue weighted by molar-refractivity contribution is 0.966. The van der Waals surface area contributed by atoms with Gasteiger partial charge in [0, 0.05) is 69.1 Å². The van der Waals surface area contributed by atoms with Gasteiger partial charge < -0.3 is 0 Å². The first-order valence-corrected chi connectivity index (χ1v) is 47.7. The van der Waals surface area contributed by atoms with Crippen LogP contribution in [-0.2, 0) is 6.42 Å². The van der Waals surface area contributed by atoms with Crippen LogP contribution in [0.25, 0.3) is 238 Å². The van der Waals surface area contributed by atoms with Crippen molar-refractivity contribution in [2.75, 3.05) is 0 Å². The lowest BCUT2D eigenvalue weighted by Crippen LogP contribution is -2.10. The summed E-state index contributed by atoms with van der Waals surface area (Å²) in [5.41, 5.74) is 31.4. The molecule has 0 saturated carbocycles. The van der Waals surface area contributed by atoms with Gasteiger partial charge in [-0.05, 0) is 255 Å². The Labute approximate surface area is 808 Å². The number of pyridine rings is 3. The number of benzene rings is 20. The van der Waals surface area contributed by atoms with Crippen molar-refractivity contribution in [3.63, 3.8) is 0 Å². The first kappa shape index (κ1) is 82.1. The number of fused-ring (bicyclic) bond motifs is 12. The SMILES string of the molecule is C1=CC(c2ccc(-c3nc4c(-c5ccccc5)ccnc4n3-c3ccccc3)cc2)c2ccc3cccc4c3c2C1=CC4.c1ccc(-c2cc(-c3cccc(-c4ccc5c6ccc(-c7ccccn7)cc6c6ccccc6c5c4)c3)nc(-c3ccccc3)n2)cc1.c1ccc2cc(-c3c4ccccc4c(-c4ccc5ccccc5c4)c4cc(-c5ccc(-c6nc7ccccn7n6)cc5)ccc34)ccc2c1. The molecule has 9 heteroatoms. The molecule has 0 bridgehead atoms. The zero-order valence-corrected chi connectivity index (χ0v) is 76.2. The molecule has 0 saturated heterocycles. The molecule has 20 aromatic carbocycles. The summed E-state index contributed by atoms with van der Waals surface area (Å²) in [5.74, 6) is 2.53. The highest BCUT2D eigenvalue weighted by Gasteiger charge is 2.28. The highest BCUT2D eigenvalue weighted by molar-refractivity contribution is 6.27. The van der Waals surface area contributed by atoms with E-state index >= 15 is 0 Å². The molecule has 0 radical (unpaired) electrons. The molecular weight excluding hydrogens is 1700 g/mol. The molecule has 28 rings (SSSR count). The lowest BCUT2D eigenvalue weighted by Gasteiger charge is -2.28. The van der Waals surface area contributed by atoms with Crippen LogP contribution in [0.15, 0.2) is 498 Å². The second-order valence-corrected chi connectivity index (χ2v) is 36.1. The maximum atomic E-state index is 5.25. The molecule has 2 aliphatic carbocycles. The van der Waals surface area contributed by atoms with Gasteiger partial charge in [0.15, 0.2) is 22.9 Å². The molecule has 6 aromatic heterocycles. The molecule has 140 heavy (non-hydrogen) atoms. The van der Waals surface area contributed by atoms with Crippen LogP contribution in [-0.4, -0.2) is 44.1 Å². The van der Waals surface area contributed by atoms with Gasteiger partial charge in [-0.15, -0.1) is 5.10 Å². The van der Waals surface area contributed by atoms with Crippen LogP contribution in [0.5, 0.6) is 0 Å². The molecule has 0 amide bonds. The maximum absolute atomic E-state index is 5.25. The average molecular weight is 1790 g/mol. The van der Waals surface area contributed by atoms with Crippen LogP contribution >= 0.6 is 0 Å². The predicted molar refractivity (Wildman–Crippen MR) is 581 cm³/mol. The Hall–Kier alpha value is -18.6. The standard InChI is InChI=1S/C46H29N3.C45H29N3.C40H27N3/c1-3-11-34-27-37(22-18-30(34)9-1)44-39-13-5-6-14-40(39)45(38-23-19-31-10-2-4-12-35(31)28-38)42-29-36(24-25-41(42)44)32-16-20-33(21-17-32)46-47-43-15-7-8-26-49(43)48-46;1-3-12-30(13-4-1)43-29-44(48-45(47-43)31-14-5-2-6-15-31)34-17-11-16-32(26-34)33-21-23-38-39-24-22-35(42-20-9-10-25-46-42)28-41(39)37-19-8-7-18-36(37)40(38)27-33;1-3-8-26(9-4-1)34-24-25-41-40-38(34)42-39(43(40)32-12-5-2-6-13-32)31-18-14-27(15-19-31)33-22-20-30-17-16-28-10-7-11-29-21-23-35(33)37(30)36(28)29/h1-29H;1-29H;1-15,17-25,33H,16H2. The van der Waals surface area contributed by atoms with Crippen LogP contribution in [0, 0.1) is 0 Å². The zero-order chi connectivity index (χ0) is 92.5. The summed E-state index contributed by atoms with van der Waals surface area (Å²) < 4.78 is 4.00. The van der Waals surface area contributed by atoms with Crippen LogP contribution < -0.4 is 0 Å². The van der Waals surface area contributed by atoms with Gasteiger partial charge in [0.2, 0.25) is 0 Å². The van der Waals surface area contributed by atoms with E-state index < -0.39 is 0 Å². The number of aromatic nitrogens is 9. The Morgan fingerprint density at radius 3 is 1.46 bits per heavy atom. The molecule has 1 atom stereocenters. The van der Waals surface area contributed by atoms with Crippen LogP contribution in [0.4, 0.5) is 0 Å². The highest BCUT2D eigenvalue weighted by atomic mass is 15.3. The summed E-state index contributed by atoms with van der Waals surface area (Å²) >= 11 is 0. The first-order valence-electron chi connectivity index (χ1n) is 47.7. The van der Waals surface area contributed by atoms with E-state index in [9.17, 15) is 0 Å². The van der Waals surface area contributed by atoms with Gasteiger partial charge in [0.05, 0.1) is 17.1 Å². The van der Waals surface area contributed by atoms with E-state index in [4.69, 9.17) is 24.9 Å². The van der Waals surface area contributed by atoms with Gasteiger partial charge in [-0.2, -0.15) is 0 Å². The number of rotatable bonds is 13. The lowest BCUT2D eigenvalue weighted by atomic mass is 9.76. The van der Waals surface area contributed by atoms with Gasteiger partial charge in [-0.25, -0.2) is 29.4 Å². The minimum Gasteiger partial charge on any atom is -0.277 e. The largest absolute Gasteiger partial charge is 0.277 e.